The van der Waals surface area contributed by atoms with Crippen LogP contribution in [0.2, 0.25) is 0 Å². The Morgan fingerprint density at radius 1 is 0.846 bits per heavy atom. The molecular weight excluding hydrogens is 354 g/mol. The van der Waals surface area contributed by atoms with E-state index in [0.717, 1.165) is 10.1 Å². The molecule has 0 bridgehead atoms. The van der Waals surface area contributed by atoms with E-state index in [9.17, 15) is 4.79 Å². The predicted octanol–water partition coefficient (Wildman–Crippen LogP) is 3.75. The van der Waals surface area contributed by atoms with E-state index in [-0.39, 0.29) is 5.78 Å². The number of thiophene rings is 1. The Morgan fingerprint density at radius 3 is 2.00 bits per heavy atom. The number of hydrogen-bond acceptors (Lipinski definition) is 7. The van der Waals surface area contributed by atoms with Crippen molar-refractivity contribution in [2.24, 2.45) is 0 Å². The molecule has 0 atom stereocenters. The summed E-state index contributed by atoms with van der Waals surface area (Å²) in [7, 11) is 6.12. The number of benzene rings is 2. The summed E-state index contributed by atoms with van der Waals surface area (Å²) in [6.07, 6.45) is 0. The summed E-state index contributed by atoms with van der Waals surface area (Å²) in [5, 5.41) is 0.864. The first-order valence-electron chi connectivity index (χ1n) is 7.74. The van der Waals surface area contributed by atoms with Gasteiger partial charge in [0.15, 0.2) is 11.5 Å². The van der Waals surface area contributed by atoms with Crippen LogP contribution < -0.4 is 24.7 Å². The third kappa shape index (κ3) is 3.01. The summed E-state index contributed by atoms with van der Waals surface area (Å²) in [6, 6.07) is 8.65. The van der Waals surface area contributed by atoms with Crippen LogP contribution >= 0.6 is 11.3 Å². The molecule has 0 aliphatic rings. The van der Waals surface area contributed by atoms with Gasteiger partial charge < -0.3 is 24.7 Å². The number of carbonyl (C=O) groups excluding carboxylic acids is 1. The lowest BCUT2D eigenvalue weighted by atomic mass is 10.1. The van der Waals surface area contributed by atoms with E-state index >= 15 is 0 Å². The molecule has 2 aromatic carbocycles. The second kappa shape index (κ2) is 7.13. The van der Waals surface area contributed by atoms with Gasteiger partial charge in [0, 0.05) is 17.3 Å². The van der Waals surface area contributed by atoms with Crippen LogP contribution in [-0.4, -0.2) is 34.2 Å². The standard InChI is InChI=1S/C19H19NO5S/c1-22-13-6-10(7-14(23-2)18(13)25-4)17(21)16-8-11-5-12(20)9-15(24-3)19(11)26-16/h5-9H,20H2,1-4H3. The van der Waals surface area contributed by atoms with Crippen LogP contribution in [0.1, 0.15) is 15.2 Å². The van der Waals surface area contributed by atoms with Crippen molar-refractivity contribution in [3.63, 3.8) is 0 Å². The lowest BCUT2D eigenvalue weighted by Gasteiger charge is -2.13. The normalized spacial score (nSPS) is 10.6. The highest BCUT2D eigenvalue weighted by Crippen LogP contribution is 2.40. The molecule has 3 aromatic rings. The maximum atomic E-state index is 13.0. The highest BCUT2D eigenvalue weighted by Gasteiger charge is 2.20. The molecule has 1 aromatic heterocycles. The minimum atomic E-state index is -0.147. The highest BCUT2D eigenvalue weighted by molar-refractivity contribution is 7.21. The number of rotatable bonds is 6. The van der Waals surface area contributed by atoms with Gasteiger partial charge in [-0.15, -0.1) is 11.3 Å². The van der Waals surface area contributed by atoms with Crippen LogP contribution in [-0.2, 0) is 0 Å². The van der Waals surface area contributed by atoms with Crippen molar-refractivity contribution < 1.29 is 23.7 Å². The minimum Gasteiger partial charge on any atom is -0.495 e. The first-order valence-corrected chi connectivity index (χ1v) is 8.55. The Morgan fingerprint density at radius 2 is 1.46 bits per heavy atom. The van der Waals surface area contributed by atoms with Crippen LogP contribution in [0.25, 0.3) is 10.1 Å². The summed E-state index contributed by atoms with van der Waals surface area (Å²) in [5.74, 6) is 1.80. The molecule has 6 nitrogen and oxygen atoms in total. The molecule has 0 aliphatic carbocycles. The Balaban J connectivity index is 2.11. The Labute approximate surface area is 155 Å². The summed E-state index contributed by atoms with van der Waals surface area (Å²) in [5.41, 5.74) is 6.92. The van der Waals surface area contributed by atoms with Crippen LogP contribution in [0.3, 0.4) is 0 Å². The van der Waals surface area contributed by atoms with Crippen molar-refractivity contribution in [3.8, 4) is 23.0 Å². The average molecular weight is 373 g/mol. The topological polar surface area (TPSA) is 80.0 Å². The number of nitrogens with two attached hydrogens (primary N) is 1. The van der Waals surface area contributed by atoms with Gasteiger partial charge in [0.1, 0.15) is 5.75 Å². The molecule has 136 valence electrons. The molecule has 3 rings (SSSR count). The van der Waals surface area contributed by atoms with E-state index in [1.165, 1.54) is 32.7 Å². The third-order valence-corrected chi connectivity index (χ3v) is 5.14. The molecule has 0 saturated carbocycles. The van der Waals surface area contributed by atoms with Crippen LogP contribution in [0.4, 0.5) is 5.69 Å². The maximum absolute atomic E-state index is 13.0. The second-order valence-corrected chi connectivity index (χ2v) is 6.55. The molecule has 0 aliphatic heterocycles. The number of ether oxygens (including phenoxy) is 4. The van der Waals surface area contributed by atoms with Crippen molar-refractivity contribution in [1.82, 2.24) is 0 Å². The SMILES string of the molecule is COc1cc(C(=O)c2cc3cc(N)cc(OC)c3s2)cc(OC)c1OC. The van der Waals surface area contributed by atoms with E-state index in [0.29, 0.717) is 39.1 Å². The zero-order chi connectivity index (χ0) is 18.8. The smallest absolute Gasteiger partial charge is 0.203 e. The van der Waals surface area contributed by atoms with Crippen molar-refractivity contribution in [2.75, 3.05) is 34.2 Å². The van der Waals surface area contributed by atoms with Gasteiger partial charge in [0.25, 0.3) is 0 Å². The van der Waals surface area contributed by atoms with E-state index in [4.69, 9.17) is 24.7 Å². The van der Waals surface area contributed by atoms with Gasteiger partial charge in [-0.1, -0.05) is 0 Å². The van der Waals surface area contributed by atoms with Gasteiger partial charge >= 0.3 is 0 Å². The Bertz CT molecular complexity index is 954. The number of nitrogen functional groups attached to an aromatic ring is 1. The molecular formula is C19H19NO5S. The van der Waals surface area contributed by atoms with E-state index < -0.39 is 0 Å². The molecule has 7 heteroatoms. The lowest BCUT2D eigenvalue weighted by Crippen LogP contribution is -2.02. The molecule has 0 saturated heterocycles. The first kappa shape index (κ1) is 17.9. The van der Waals surface area contributed by atoms with Crippen molar-refractivity contribution in [3.05, 3.63) is 40.8 Å². The van der Waals surface area contributed by atoms with Crippen LogP contribution in [0.5, 0.6) is 23.0 Å². The Hall–Kier alpha value is -2.93. The number of anilines is 1. The maximum Gasteiger partial charge on any atom is 0.203 e. The number of carbonyl (C=O) groups is 1. The second-order valence-electron chi connectivity index (χ2n) is 5.50. The summed E-state index contributed by atoms with van der Waals surface area (Å²) in [4.78, 5) is 13.6. The summed E-state index contributed by atoms with van der Waals surface area (Å²) >= 11 is 1.35. The predicted molar refractivity (Wildman–Crippen MR) is 102 cm³/mol. The fraction of sp³-hybridized carbons (Fsp3) is 0.211. The number of hydrogen-bond donors (Lipinski definition) is 1. The van der Waals surface area contributed by atoms with Gasteiger partial charge in [-0.25, -0.2) is 0 Å². The molecule has 0 unspecified atom stereocenters. The fourth-order valence-electron chi connectivity index (χ4n) is 2.76. The number of methoxy groups -OCH3 is 4. The molecule has 0 fully saturated rings. The molecule has 2 N–H and O–H groups in total. The van der Waals surface area contributed by atoms with Gasteiger partial charge in [-0.3, -0.25) is 4.79 Å². The minimum absolute atomic E-state index is 0.147. The van der Waals surface area contributed by atoms with Crippen LogP contribution in [0.15, 0.2) is 30.3 Å². The first-order chi connectivity index (χ1) is 12.5. The molecule has 26 heavy (non-hydrogen) atoms. The molecule has 0 amide bonds. The summed E-state index contributed by atoms with van der Waals surface area (Å²) in [6.45, 7) is 0. The van der Waals surface area contributed by atoms with Gasteiger partial charge in [-0.2, -0.15) is 0 Å². The summed E-state index contributed by atoms with van der Waals surface area (Å²) < 4.78 is 22.2. The zero-order valence-electron chi connectivity index (χ0n) is 14.9. The Kier molecular flexibility index (Phi) is 4.90. The quantitative estimate of drug-likeness (QED) is 0.524. The van der Waals surface area contributed by atoms with Crippen molar-refractivity contribution >= 4 is 32.9 Å². The van der Waals surface area contributed by atoms with E-state index in [1.807, 2.05) is 12.1 Å². The zero-order valence-corrected chi connectivity index (χ0v) is 15.7. The van der Waals surface area contributed by atoms with Crippen LogP contribution in [0, 0.1) is 0 Å². The molecule has 0 spiro atoms. The fourth-order valence-corrected chi connectivity index (χ4v) is 3.86. The van der Waals surface area contributed by atoms with Gasteiger partial charge in [0.05, 0.1) is 38.0 Å². The largest absolute Gasteiger partial charge is 0.495 e. The third-order valence-electron chi connectivity index (χ3n) is 3.98. The molecule has 0 radical (unpaired) electrons. The van der Waals surface area contributed by atoms with E-state index in [1.54, 1.807) is 25.3 Å². The number of ketones is 1. The van der Waals surface area contributed by atoms with Crippen molar-refractivity contribution in [2.45, 2.75) is 0 Å². The average Bonchev–Trinajstić information content (AvgIpc) is 3.09. The monoisotopic (exact) mass is 373 g/mol. The van der Waals surface area contributed by atoms with E-state index in [2.05, 4.69) is 0 Å². The van der Waals surface area contributed by atoms with Gasteiger partial charge in [-0.05, 0) is 29.7 Å². The van der Waals surface area contributed by atoms with Crippen molar-refractivity contribution in [1.29, 1.82) is 0 Å². The lowest BCUT2D eigenvalue weighted by molar-refractivity contribution is 0.104. The van der Waals surface area contributed by atoms with Gasteiger partial charge in [0.2, 0.25) is 11.5 Å². The molecule has 1 heterocycles. The number of fused-ring (bicyclic) bond motifs is 1. The highest BCUT2D eigenvalue weighted by atomic mass is 32.1.